The van der Waals surface area contributed by atoms with Crippen molar-refractivity contribution >= 4 is 22.6 Å². The summed E-state index contributed by atoms with van der Waals surface area (Å²) in [6.07, 6.45) is 4.18. The molecule has 2 aromatic heterocycles. The zero-order valence-electron chi connectivity index (χ0n) is 15.0. The van der Waals surface area contributed by atoms with E-state index in [0.29, 0.717) is 5.69 Å². The van der Waals surface area contributed by atoms with Crippen LogP contribution < -0.4 is 5.32 Å². The van der Waals surface area contributed by atoms with Gasteiger partial charge in [0, 0.05) is 24.8 Å². The van der Waals surface area contributed by atoms with Crippen molar-refractivity contribution in [2.24, 2.45) is 7.05 Å². The van der Waals surface area contributed by atoms with Gasteiger partial charge >= 0.3 is 0 Å². The first-order chi connectivity index (χ1) is 12.1. The van der Waals surface area contributed by atoms with Gasteiger partial charge in [0.25, 0.3) is 5.91 Å². The number of aryl methyl sites for hydroxylation is 4. The van der Waals surface area contributed by atoms with E-state index in [2.05, 4.69) is 26.9 Å². The number of hydrogen-bond donors (Lipinski definition) is 1. The number of carbonyl (C=O) groups excluding carboxylic acids is 1. The first-order valence-corrected chi connectivity index (χ1v) is 8.91. The summed E-state index contributed by atoms with van der Waals surface area (Å²) in [5, 5.41) is 7.56. The van der Waals surface area contributed by atoms with Crippen molar-refractivity contribution in [2.45, 2.75) is 46.1 Å². The third-order valence-electron chi connectivity index (χ3n) is 5.05. The maximum Gasteiger partial charge on any atom is 0.274 e. The molecule has 6 heteroatoms. The number of imidazole rings is 1. The third kappa shape index (κ3) is 2.62. The van der Waals surface area contributed by atoms with E-state index in [1.54, 1.807) is 4.68 Å². The monoisotopic (exact) mass is 337 g/mol. The SMILES string of the molecule is CCn1c(C)nc2cc(NC(=O)c3c4c(nn3C)CCCC4)ccc21. The molecule has 0 saturated carbocycles. The lowest BCUT2D eigenvalue weighted by Gasteiger charge is -2.11. The summed E-state index contributed by atoms with van der Waals surface area (Å²) in [6.45, 7) is 4.99. The molecule has 1 aromatic carbocycles. The molecule has 2 heterocycles. The largest absolute Gasteiger partial charge is 0.329 e. The summed E-state index contributed by atoms with van der Waals surface area (Å²) in [5.41, 5.74) is 5.64. The van der Waals surface area contributed by atoms with Gasteiger partial charge in [0.2, 0.25) is 0 Å². The fraction of sp³-hybridized carbons (Fsp3) is 0.421. The molecule has 6 nitrogen and oxygen atoms in total. The number of anilines is 1. The van der Waals surface area contributed by atoms with Gasteiger partial charge in [-0.2, -0.15) is 5.10 Å². The van der Waals surface area contributed by atoms with E-state index < -0.39 is 0 Å². The minimum absolute atomic E-state index is 0.0934. The van der Waals surface area contributed by atoms with Crippen LogP contribution in [0.4, 0.5) is 5.69 Å². The molecular formula is C19H23N5O. The minimum atomic E-state index is -0.0934. The van der Waals surface area contributed by atoms with Crippen LogP contribution in [0.3, 0.4) is 0 Å². The first-order valence-electron chi connectivity index (χ1n) is 8.91. The Morgan fingerprint density at radius 1 is 1.28 bits per heavy atom. The highest BCUT2D eigenvalue weighted by molar-refractivity contribution is 6.05. The Labute approximate surface area is 146 Å². The second-order valence-corrected chi connectivity index (χ2v) is 6.67. The van der Waals surface area contributed by atoms with E-state index >= 15 is 0 Å². The fourth-order valence-electron chi connectivity index (χ4n) is 3.88. The number of carbonyl (C=O) groups is 1. The predicted octanol–water partition coefficient (Wildman–Crippen LogP) is 3.23. The number of nitrogens with zero attached hydrogens (tertiary/aromatic N) is 4. The Morgan fingerprint density at radius 3 is 2.88 bits per heavy atom. The van der Waals surface area contributed by atoms with Crippen LogP contribution in [0.5, 0.6) is 0 Å². The van der Waals surface area contributed by atoms with Gasteiger partial charge < -0.3 is 9.88 Å². The summed E-state index contributed by atoms with van der Waals surface area (Å²) < 4.78 is 3.89. The van der Waals surface area contributed by atoms with Crippen LogP contribution in [0.2, 0.25) is 0 Å². The molecule has 4 rings (SSSR count). The van der Waals surface area contributed by atoms with Crippen LogP contribution in [0.25, 0.3) is 11.0 Å². The van der Waals surface area contributed by atoms with Gasteiger partial charge in [0.15, 0.2) is 0 Å². The van der Waals surface area contributed by atoms with Gasteiger partial charge in [0.1, 0.15) is 11.5 Å². The summed E-state index contributed by atoms with van der Waals surface area (Å²) >= 11 is 0. The van der Waals surface area contributed by atoms with E-state index in [1.165, 1.54) is 0 Å². The molecule has 0 radical (unpaired) electrons. The van der Waals surface area contributed by atoms with Gasteiger partial charge in [-0.1, -0.05) is 0 Å². The Balaban J connectivity index is 1.65. The van der Waals surface area contributed by atoms with Gasteiger partial charge in [0.05, 0.1) is 16.7 Å². The lowest BCUT2D eigenvalue weighted by molar-refractivity contribution is 0.101. The van der Waals surface area contributed by atoms with Gasteiger partial charge in [-0.05, 0) is 57.7 Å². The number of benzene rings is 1. The Hall–Kier alpha value is -2.63. The quantitative estimate of drug-likeness (QED) is 0.798. The fourth-order valence-corrected chi connectivity index (χ4v) is 3.88. The molecule has 1 N–H and O–H groups in total. The van der Waals surface area contributed by atoms with Gasteiger partial charge in [-0.3, -0.25) is 9.48 Å². The van der Waals surface area contributed by atoms with Crippen LogP contribution >= 0.6 is 0 Å². The average molecular weight is 337 g/mol. The molecule has 0 aliphatic heterocycles. The number of hydrogen-bond acceptors (Lipinski definition) is 3. The number of fused-ring (bicyclic) bond motifs is 2. The third-order valence-corrected chi connectivity index (χ3v) is 5.05. The smallest absolute Gasteiger partial charge is 0.274 e. The van der Waals surface area contributed by atoms with Gasteiger partial charge in [-0.25, -0.2) is 4.98 Å². The van der Waals surface area contributed by atoms with Crippen molar-refractivity contribution in [2.75, 3.05) is 5.32 Å². The highest BCUT2D eigenvalue weighted by Crippen LogP contribution is 2.25. The normalized spacial score (nSPS) is 13.9. The van der Waals surface area contributed by atoms with Crippen molar-refractivity contribution in [1.29, 1.82) is 0 Å². The number of amides is 1. The Morgan fingerprint density at radius 2 is 2.08 bits per heavy atom. The van der Waals surface area contributed by atoms with Crippen LogP contribution in [-0.2, 0) is 26.4 Å². The molecule has 0 bridgehead atoms. The molecule has 0 unspecified atom stereocenters. The Bertz CT molecular complexity index is 966. The molecule has 1 aliphatic rings. The van der Waals surface area contributed by atoms with E-state index in [1.807, 2.05) is 32.2 Å². The van der Waals surface area contributed by atoms with Crippen molar-refractivity contribution in [3.63, 3.8) is 0 Å². The van der Waals surface area contributed by atoms with Crippen molar-refractivity contribution in [3.05, 3.63) is 41.0 Å². The molecule has 0 saturated heterocycles. The molecular weight excluding hydrogens is 314 g/mol. The lowest BCUT2D eigenvalue weighted by Crippen LogP contribution is -2.18. The number of nitrogens with one attached hydrogen (secondary N) is 1. The van der Waals surface area contributed by atoms with E-state index in [0.717, 1.165) is 66.0 Å². The zero-order valence-corrected chi connectivity index (χ0v) is 15.0. The van der Waals surface area contributed by atoms with Crippen LogP contribution in [0.15, 0.2) is 18.2 Å². The first kappa shape index (κ1) is 15.9. The zero-order chi connectivity index (χ0) is 17.6. The standard InChI is InChI=1S/C19H23N5O/c1-4-24-12(2)20-16-11-13(9-10-17(16)24)21-19(25)18-14-7-5-6-8-15(14)22-23(18)3/h9-11H,4-8H2,1-3H3,(H,21,25). The minimum Gasteiger partial charge on any atom is -0.329 e. The van der Waals surface area contributed by atoms with E-state index in [-0.39, 0.29) is 5.91 Å². The van der Waals surface area contributed by atoms with Crippen LogP contribution in [0, 0.1) is 6.92 Å². The maximum absolute atomic E-state index is 12.8. The second-order valence-electron chi connectivity index (χ2n) is 6.67. The molecule has 0 atom stereocenters. The summed E-state index contributed by atoms with van der Waals surface area (Å²) in [4.78, 5) is 17.4. The highest BCUT2D eigenvalue weighted by atomic mass is 16.2. The summed E-state index contributed by atoms with van der Waals surface area (Å²) in [6, 6.07) is 5.90. The van der Waals surface area contributed by atoms with E-state index in [9.17, 15) is 4.79 Å². The molecule has 130 valence electrons. The molecule has 1 aliphatic carbocycles. The topological polar surface area (TPSA) is 64.7 Å². The maximum atomic E-state index is 12.8. The summed E-state index contributed by atoms with van der Waals surface area (Å²) in [7, 11) is 1.85. The van der Waals surface area contributed by atoms with Gasteiger partial charge in [-0.15, -0.1) is 0 Å². The van der Waals surface area contributed by atoms with Crippen molar-refractivity contribution in [1.82, 2.24) is 19.3 Å². The van der Waals surface area contributed by atoms with Crippen LogP contribution in [-0.4, -0.2) is 25.2 Å². The average Bonchev–Trinajstić information content (AvgIpc) is 3.09. The molecule has 3 aromatic rings. The Kier molecular flexibility index (Phi) is 3.82. The molecule has 1 amide bonds. The number of rotatable bonds is 3. The lowest BCUT2D eigenvalue weighted by atomic mass is 9.95. The summed E-state index contributed by atoms with van der Waals surface area (Å²) in [5.74, 6) is 0.894. The van der Waals surface area contributed by atoms with Crippen molar-refractivity contribution < 1.29 is 4.79 Å². The van der Waals surface area contributed by atoms with E-state index in [4.69, 9.17) is 0 Å². The molecule has 25 heavy (non-hydrogen) atoms. The predicted molar refractivity (Wildman–Crippen MR) is 97.9 cm³/mol. The van der Waals surface area contributed by atoms with Crippen molar-refractivity contribution in [3.8, 4) is 0 Å². The molecule has 0 spiro atoms. The number of aromatic nitrogens is 4. The molecule has 0 fully saturated rings. The second kappa shape index (κ2) is 6.02. The van der Waals surface area contributed by atoms with Crippen LogP contribution in [0.1, 0.15) is 47.3 Å². The highest BCUT2D eigenvalue weighted by Gasteiger charge is 2.24.